The molecule has 2 nitrogen and oxygen atoms in total. The second-order valence-electron chi connectivity index (χ2n) is 3.46. The van der Waals surface area contributed by atoms with Gasteiger partial charge in [-0.2, -0.15) is 0 Å². The molecule has 0 aliphatic rings. The lowest BCUT2D eigenvalue weighted by molar-refractivity contribution is 1.22. The maximum atomic E-state index is 5.73. The third kappa shape index (κ3) is 2.55. The van der Waals surface area contributed by atoms with Crippen LogP contribution in [0.15, 0.2) is 17.1 Å². The van der Waals surface area contributed by atoms with Crippen LogP contribution in [0, 0.1) is 13.8 Å². The van der Waals surface area contributed by atoms with Crippen LogP contribution in [0.3, 0.4) is 0 Å². The fourth-order valence-electron chi connectivity index (χ4n) is 1.39. The van der Waals surface area contributed by atoms with Gasteiger partial charge in [-0.3, -0.25) is 0 Å². The van der Waals surface area contributed by atoms with Gasteiger partial charge in [-0.1, -0.05) is 6.92 Å². The zero-order valence-electron chi connectivity index (χ0n) is 8.96. The Kier molecular flexibility index (Phi) is 3.65. The maximum absolute atomic E-state index is 5.73. The van der Waals surface area contributed by atoms with Crippen LogP contribution in [0.4, 0.5) is 5.69 Å². The lowest BCUT2D eigenvalue weighted by atomic mass is 10.1. The van der Waals surface area contributed by atoms with Crippen LogP contribution < -0.4 is 11.0 Å². The first kappa shape index (κ1) is 11.2. The average Bonchev–Trinajstić information content (AvgIpc) is 2.10. The SMILES string of the molecule is CCC(N)=Nc1c(C)cc(P)cc1C. The number of aliphatic imine (C=N–C) groups is 1. The lowest BCUT2D eigenvalue weighted by Gasteiger charge is -2.07. The summed E-state index contributed by atoms with van der Waals surface area (Å²) in [6.07, 6.45) is 0.793. The van der Waals surface area contributed by atoms with E-state index in [1.807, 2.05) is 6.92 Å². The predicted molar refractivity (Wildman–Crippen MR) is 66.8 cm³/mol. The fourth-order valence-corrected chi connectivity index (χ4v) is 1.89. The molecule has 0 bridgehead atoms. The summed E-state index contributed by atoms with van der Waals surface area (Å²) in [5, 5.41) is 1.19. The molecule has 1 aromatic rings. The first-order chi connectivity index (χ1) is 6.54. The van der Waals surface area contributed by atoms with Gasteiger partial charge in [-0.15, -0.1) is 9.24 Å². The standard InChI is InChI=1S/C11H17N2P/c1-4-10(12)13-11-7(2)5-9(14)6-8(11)3/h5-6H,4,14H2,1-3H3,(H2,12,13). The summed E-state index contributed by atoms with van der Waals surface area (Å²) in [4.78, 5) is 4.40. The highest BCUT2D eigenvalue weighted by Crippen LogP contribution is 2.22. The molecule has 0 amide bonds. The molecule has 0 aliphatic carbocycles. The van der Waals surface area contributed by atoms with Crippen molar-refractivity contribution in [3.05, 3.63) is 23.3 Å². The van der Waals surface area contributed by atoms with E-state index in [0.717, 1.165) is 12.1 Å². The Hall–Kier alpha value is -0.880. The molecule has 0 saturated heterocycles. The summed E-state index contributed by atoms with van der Waals surface area (Å²) >= 11 is 0. The van der Waals surface area contributed by atoms with Crippen LogP contribution in [-0.4, -0.2) is 5.84 Å². The van der Waals surface area contributed by atoms with Gasteiger partial charge in [0.15, 0.2) is 0 Å². The van der Waals surface area contributed by atoms with Crippen LogP contribution in [-0.2, 0) is 0 Å². The molecule has 1 rings (SSSR count). The topological polar surface area (TPSA) is 38.4 Å². The molecular weight excluding hydrogens is 191 g/mol. The Morgan fingerprint density at radius 1 is 1.36 bits per heavy atom. The molecule has 1 atom stereocenters. The molecule has 0 radical (unpaired) electrons. The van der Waals surface area contributed by atoms with Crippen molar-refractivity contribution >= 4 is 26.1 Å². The van der Waals surface area contributed by atoms with Crippen molar-refractivity contribution in [1.82, 2.24) is 0 Å². The van der Waals surface area contributed by atoms with Gasteiger partial charge in [0.1, 0.15) is 0 Å². The van der Waals surface area contributed by atoms with Crippen LogP contribution in [0.2, 0.25) is 0 Å². The summed E-state index contributed by atoms with van der Waals surface area (Å²) in [6, 6.07) is 4.19. The number of nitrogens with two attached hydrogens (primary N) is 1. The molecule has 0 aromatic heterocycles. The lowest BCUT2D eigenvalue weighted by Crippen LogP contribution is -2.09. The Balaban J connectivity index is 3.21. The van der Waals surface area contributed by atoms with Crippen molar-refractivity contribution in [2.75, 3.05) is 0 Å². The van der Waals surface area contributed by atoms with Gasteiger partial charge in [0.05, 0.1) is 11.5 Å². The first-order valence-electron chi connectivity index (χ1n) is 4.74. The second kappa shape index (κ2) is 4.56. The minimum absolute atomic E-state index is 0.688. The maximum Gasteiger partial charge on any atom is 0.0993 e. The number of rotatable bonds is 2. The number of benzene rings is 1. The third-order valence-electron chi connectivity index (χ3n) is 2.13. The number of hydrogen-bond donors (Lipinski definition) is 1. The highest BCUT2D eigenvalue weighted by molar-refractivity contribution is 7.27. The highest BCUT2D eigenvalue weighted by atomic mass is 31.0. The zero-order valence-corrected chi connectivity index (χ0v) is 10.1. The van der Waals surface area contributed by atoms with Gasteiger partial charge >= 0.3 is 0 Å². The largest absolute Gasteiger partial charge is 0.387 e. The van der Waals surface area contributed by atoms with E-state index in [2.05, 4.69) is 40.2 Å². The van der Waals surface area contributed by atoms with Gasteiger partial charge in [0, 0.05) is 6.42 Å². The Morgan fingerprint density at radius 2 is 1.86 bits per heavy atom. The highest BCUT2D eigenvalue weighted by Gasteiger charge is 2.02. The molecule has 3 heteroatoms. The van der Waals surface area contributed by atoms with Gasteiger partial charge in [0.25, 0.3) is 0 Å². The van der Waals surface area contributed by atoms with Gasteiger partial charge in [-0.05, 0) is 42.4 Å². The van der Waals surface area contributed by atoms with Crippen LogP contribution in [0.1, 0.15) is 24.5 Å². The first-order valence-corrected chi connectivity index (χ1v) is 5.32. The van der Waals surface area contributed by atoms with Gasteiger partial charge in [-0.25, -0.2) is 4.99 Å². The molecule has 0 heterocycles. The van der Waals surface area contributed by atoms with E-state index in [9.17, 15) is 0 Å². The van der Waals surface area contributed by atoms with E-state index in [-0.39, 0.29) is 0 Å². The van der Waals surface area contributed by atoms with Gasteiger partial charge < -0.3 is 5.73 Å². The normalized spacial score (nSPS) is 11.9. The van der Waals surface area contributed by atoms with E-state index in [1.165, 1.54) is 16.4 Å². The smallest absolute Gasteiger partial charge is 0.0993 e. The molecule has 14 heavy (non-hydrogen) atoms. The van der Waals surface area contributed by atoms with E-state index < -0.39 is 0 Å². The number of hydrogen-bond acceptors (Lipinski definition) is 1. The molecular formula is C11H17N2P. The summed E-state index contributed by atoms with van der Waals surface area (Å²) in [7, 11) is 2.70. The summed E-state index contributed by atoms with van der Waals surface area (Å²) in [5.41, 5.74) is 9.08. The molecule has 1 aromatic carbocycles. The number of aryl methyl sites for hydroxylation is 2. The summed E-state index contributed by atoms with van der Waals surface area (Å²) in [5.74, 6) is 0.688. The van der Waals surface area contributed by atoms with Crippen molar-refractivity contribution in [3.8, 4) is 0 Å². The summed E-state index contributed by atoms with van der Waals surface area (Å²) < 4.78 is 0. The van der Waals surface area contributed by atoms with Crippen LogP contribution in [0.5, 0.6) is 0 Å². The monoisotopic (exact) mass is 208 g/mol. The molecule has 0 fully saturated rings. The van der Waals surface area contributed by atoms with E-state index in [4.69, 9.17) is 5.73 Å². The van der Waals surface area contributed by atoms with E-state index in [1.54, 1.807) is 0 Å². The molecule has 2 N–H and O–H groups in total. The molecule has 0 spiro atoms. The third-order valence-corrected chi connectivity index (χ3v) is 2.46. The van der Waals surface area contributed by atoms with Crippen molar-refractivity contribution in [3.63, 3.8) is 0 Å². The van der Waals surface area contributed by atoms with Crippen LogP contribution >= 0.6 is 9.24 Å². The van der Waals surface area contributed by atoms with Crippen molar-refractivity contribution in [2.24, 2.45) is 10.7 Å². The van der Waals surface area contributed by atoms with E-state index >= 15 is 0 Å². The minimum atomic E-state index is 0.688. The molecule has 0 saturated carbocycles. The number of amidine groups is 1. The predicted octanol–water partition coefficient (Wildman–Crippen LogP) is 2.20. The Bertz CT molecular complexity index is 347. The van der Waals surface area contributed by atoms with Crippen molar-refractivity contribution in [2.45, 2.75) is 27.2 Å². The minimum Gasteiger partial charge on any atom is -0.387 e. The molecule has 0 aliphatic heterocycles. The Morgan fingerprint density at radius 3 is 2.29 bits per heavy atom. The molecule has 1 unspecified atom stereocenters. The molecule has 76 valence electrons. The van der Waals surface area contributed by atoms with Crippen LogP contribution in [0.25, 0.3) is 0 Å². The van der Waals surface area contributed by atoms with Crippen molar-refractivity contribution in [1.29, 1.82) is 0 Å². The average molecular weight is 208 g/mol. The second-order valence-corrected chi connectivity index (χ2v) is 4.13. The van der Waals surface area contributed by atoms with Gasteiger partial charge in [0.2, 0.25) is 0 Å². The summed E-state index contributed by atoms with van der Waals surface area (Å²) in [6.45, 7) is 6.12. The van der Waals surface area contributed by atoms with Crippen molar-refractivity contribution < 1.29 is 0 Å². The fraction of sp³-hybridized carbons (Fsp3) is 0.364. The number of nitrogens with zero attached hydrogens (tertiary/aromatic N) is 1. The Labute approximate surface area is 87.8 Å². The van der Waals surface area contributed by atoms with E-state index in [0.29, 0.717) is 5.84 Å². The quantitative estimate of drug-likeness (QED) is 0.451. The zero-order chi connectivity index (χ0) is 10.7.